The largest absolute Gasteiger partial charge is 0.481 e. The summed E-state index contributed by atoms with van der Waals surface area (Å²) >= 11 is 1.12. The van der Waals surface area contributed by atoms with E-state index in [1.165, 1.54) is 0 Å². The molecule has 0 radical (unpaired) electrons. The Morgan fingerprint density at radius 2 is 2.05 bits per heavy atom. The summed E-state index contributed by atoms with van der Waals surface area (Å²) in [6, 6.07) is 7.44. The molecule has 0 aliphatic heterocycles. The first kappa shape index (κ1) is 14.4. The number of hydrogen-bond acceptors (Lipinski definition) is 4. The van der Waals surface area contributed by atoms with Crippen LogP contribution in [0.4, 0.5) is 0 Å². The van der Waals surface area contributed by atoms with Gasteiger partial charge >= 0.3 is 11.9 Å². The third kappa shape index (κ3) is 3.74. The van der Waals surface area contributed by atoms with E-state index in [1.54, 1.807) is 0 Å². The lowest BCUT2D eigenvalue weighted by Crippen LogP contribution is -2.16. The van der Waals surface area contributed by atoms with E-state index in [9.17, 15) is 9.59 Å². The lowest BCUT2D eigenvalue weighted by molar-refractivity contribution is -0.139. The van der Waals surface area contributed by atoms with Gasteiger partial charge in [-0.25, -0.2) is 4.98 Å². The molecule has 106 valence electrons. The monoisotopic (exact) mass is 294 g/mol. The van der Waals surface area contributed by atoms with Gasteiger partial charge in [0.1, 0.15) is 5.25 Å². The highest BCUT2D eigenvalue weighted by Gasteiger charge is 2.20. The summed E-state index contributed by atoms with van der Waals surface area (Å²) in [6.45, 7) is 0. The number of aromatic nitrogens is 2. The van der Waals surface area contributed by atoms with Crippen LogP contribution in [-0.2, 0) is 9.59 Å². The van der Waals surface area contributed by atoms with Crippen molar-refractivity contribution in [2.75, 3.05) is 0 Å². The molecular formula is C13H14N2O4S. The average molecular weight is 294 g/mol. The van der Waals surface area contributed by atoms with Gasteiger partial charge in [-0.1, -0.05) is 23.9 Å². The van der Waals surface area contributed by atoms with Gasteiger partial charge in [-0.3, -0.25) is 9.59 Å². The average Bonchev–Trinajstić information content (AvgIpc) is 2.79. The zero-order chi connectivity index (χ0) is 14.5. The number of aromatic amines is 1. The second-order valence-corrected chi connectivity index (χ2v) is 5.48. The number of carbonyl (C=O) groups is 2. The number of carboxylic acid groups (broad SMARTS) is 2. The summed E-state index contributed by atoms with van der Waals surface area (Å²) in [7, 11) is 0. The Kier molecular flexibility index (Phi) is 4.62. The van der Waals surface area contributed by atoms with Crippen molar-refractivity contribution in [3.63, 3.8) is 0 Å². The molecule has 1 aromatic carbocycles. The first-order valence-corrected chi connectivity index (χ1v) is 7.00. The number of aliphatic carboxylic acids is 2. The van der Waals surface area contributed by atoms with Crippen LogP contribution in [-0.4, -0.2) is 37.4 Å². The maximum atomic E-state index is 11.2. The Morgan fingerprint density at radius 3 is 2.70 bits per heavy atom. The fourth-order valence-electron chi connectivity index (χ4n) is 1.79. The minimum absolute atomic E-state index is 0.0233. The second kappa shape index (κ2) is 6.42. The molecule has 0 saturated carbocycles. The SMILES string of the molecule is O=C(O)CCCC(Sc1nc2ccccc2[nH]1)C(=O)O. The molecule has 6 nitrogen and oxygen atoms in total. The van der Waals surface area contributed by atoms with E-state index in [0.29, 0.717) is 18.0 Å². The maximum absolute atomic E-state index is 11.2. The van der Waals surface area contributed by atoms with Gasteiger partial charge in [0, 0.05) is 6.42 Å². The van der Waals surface area contributed by atoms with Crippen LogP contribution >= 0.6 is 11.8 Å². The summed E-state index contributed by atoms with van der Waals surface area (Å²) in [6.07, 6.45) is 0.605. The molecule has 1 atom stereocenters. The van der Waals surface area contributed by atoms with E-state index in [0.717, 1.165) is 22.8 Å². The van der Waals surface area contributed by atoms with Gasteiger partial charge < -0.3 is 15.2 Å². The Balaban J connectivity index is 2.03. The number of fused-ring (bicyclic) bond motifs is 1. The molecule has 2 aromatic rings. The van der Waals surface area contributed by atoms with Crippen LogP contribution < -0.4 is 0 Å². The molecular weight excluding hydrogens is 280 g/mol. The molecule has 1 aromatic heterocycles. The summed E-state index contributed by atoms with van der Waals surface area (Å²) in [5, 5.41) is 17.6. The zero-order valence-electron chi connectivity index (χ0n) is 10.6. The van der Waals surface area contributed by atoms with Crippen molar-refractivity contribution in [3.8, 4) is 0 Å². The number of nitrogens with zero attached hydrogens (tertiary/aromatic N) is 1. The van der Waals surface area contributed by atoms with Crippen molar-refractivity contribution in [2.24, 2.45) is 0 Å². The lowest BCUT2D eigenvalue weighted by atomic mass is 10.2. The number of H-pyrrole nitrogens is 1. The zero-order valence-corrected chi connectivity index (χ0v) is 11.4. The maximum Gasteiger partial charge on any atom is 0.317 e. The van der Waals surface area contributed by atoms with Crippen LogP contribution in [0.1, 0.15) is 19.3 Å². The molecule has 0 amide bonds. The Labute approximate surface area is 119 Å². The van der Waals surface area contributed by atoms with Crippen molar-refractivity contribution in [1.82, 2.24) is 9.97 Å². The molecule has 0 bridgehead atoms. The van der Waals surface area contributed by atoms with Crippen molar-refractivity contribution < 1.29 is 19.8 Å². The van der Waals surface area contributed by atoms with Gasteiger partial charge in [-0.15, -0.1) is 0 Å². The summed E-state index contributed by atoms with van der Waals surface area (Å²) in [5.74, 6) is -1.87. The van der Waals surface area contributed by atoms with Gasteiger partial charge in [0.15, 0.2) is 5.16 Å². The lowest BCUT2D eigenvalue weighted by Gasteiger charge is -2.08. The Hall–Kier alpha value is -2.02. The summed E-state index contributed by atoms with van der Waals surface area (Å²) < 4.78 is 0. The number of para-hydroxylation sites is 2. The van der Waals surface area contributed by atoms with Gasteiger partial charge in [0.25, 0.3) is 0 Å². The van der Waals surface area contributed by atoms with Crippen LogP contribution in [0.15, 0.2) is 29.4 Å². The van der Waals surface area contributed by atoms with Crippen LogP contribution in [0.3, 0.4) is 0 Å². The van der Waals surface area contributed by atoms with Crippen LogP contribution in [0, 0.1) is 0 Å². The number of hydrogen-bond donors (Lipinski definition) is 3. The number of imidazole rings is 1. The molecule has 0 spiro atoms. The van der Waals surface area contributed by atoms with E-state index in [2.05, 4.69) is 9.97 Å². The quantitative estimate of drug-likeness (QED) is 0.677. The Bertz CT molecular complexity index is 593. The molecule has 0 fully saturated rings. The smallest absolute Gasteiger partial charge is 0.317 e. The number of nitrogens with one attached hydrogen (secondary N) is 1. The highest BCUT2D eigenvalue weighted by atomic mass is 32.2. The molecule has 0 aliphatic carbocycles. The van der Waals surface area contributed by atoms with E-state index >= 15 is 0 Å². The molecule has 0 saturated heterocycles. The van der Waals surface area contributed by atoms with Crippen molar-refractivity contribution >= 4 is 34.7 Å². The van der Waals surface area contributed by atoms with E-state index in [4.69, 9.17) is 10.2 Å². The Morgan fingerprint density at radius 1 is 1.30 bits per heavy atom. The normalized spacial score (nSPS) is 12.4. The van der Waals surface area contributed by atoms with Crippen molar-refractivity contribution in [1.29, 1.82) is 0 Å². The number of carboxylic acids is 2. The molecule has 0 aliphatic rings. The van der Waals surface area contributed by atoms with Gasteiger partial charge in [-0.2, -0.15) is 0 Å². The first-order valence-electron chi connectivity index (χ1n) is 6.12. The predicted octanol–water partition coefficient (Wildman–Crippen LogP) is 2.36. The topological polar surface area (TPSA) is 103 Å². The highest BCUT2D eigenvalue weighted by Crippen LogP contribution is 2.26. The third-order valence-electron chi connectivity index (χ3n) is 2.75. The van der Waals surface area contributed by atoms with E-state index in [-0.39, 0.29) is 6.42 Å². The number of benzene rings is 1. The first-order chi connectivity index (χ1) is 9.56. The van der Waals surface area contributed by atoms with E-state index < -0.39 is 17.2 Å². The standard InChI is InChI=1S/C13H14N2O4S/c16-11(17)7-3-6-10(12(18)19)20-13-14-8-4-1-2-5-9(8)15-13/h1-2,4-5,10H,3,6-7H2,(H,14,15)(H,16,17)(H,18,19). The minimum atomic E-state index is -0.958. The number of rotatable bonds is 7. The van der Waals surface area contributed by atoms with E-state index in [1.807, 2.05) is 24.3 Å². The molecule has 7 heteroatoms. The van der Waals surface area contributed by atoms with Crippen LogP contribution in [0.25, 0.3) is 11.0 Å². The summed E-state index contributed by atoms with van der Waals surface area (Å²) in [4.78, 5) is 29.0. The third-order valence-corrected chi connectivity index (χ3v) is 3.89. The highest BCUT2D eigenvalue weighted by molar-refractivity contribution is 8.00. The van der Waals surface area contributed by atoms with Crippen LogP contribution in [0.2, 0.25) is 0 Å². The molecule has 1 unspecified atom stereocenters. The fourth-order valence-corrected chi connectivity index (χ4v) is 2.77. The van der Waals surface area contributed by atoms with Crippen molar-refractivity contribution in [3.05, 3.63) is 24.3 Å². The van der Waals surface area contributed by atoms with Crippen molar-refractivity contribution in [2.45, 2.75) is 29.7 Å². The molecule has 20 heavy (non-hydrogen) atoms. The second-order valence-electron chi connectivity index (χ2n) is 4.29. The van der Waals surface area contributed by atoms with Crippen LogP contribution in [0.5, 0.6) is 0 Å². The summed E-state index contributed by atoms with van der Waals surface area (Å²) in [5.41, 5.74) is 1.63. The van der Waals surface area contributed by atoms with Gasteiger partial charge in [0.2, 0.25) is 0 Å². The molecule has 2 rings (SSSR count). The fraction of sp³-hybridized carbons (Fsp3) is 0.308. The predicted molar refractivity (Wildman–Crippen MR) is 74.9 cm³/mol. The minimum Gasteiger partial charge on any atom is -0.481 e. The number of thioether (sulfide) groups is 1. The van der Waals surface area contributed by atoms with Gasteiger partial charge in [-0.05, 0) is 25.0 Å². The molecule has 3 N–H and O–H groups in total. The molecule has 1 heterocycles. The van der Waals surface area contributed by atoms with Gasteiger partial charge in [0.05, 0.1) is 11.0 Å².